The topological polar surface area (TPSA) is 80.0 Å². The number of aliphatic hydroxyl groups is 1. The molecule has 1 atom stereocenters. The molecule has 1 saturated heterocycles. The normalized spacial score (nSPS) is 17.5. The van der Waals surface area contributed by atoms with E-state index in [2.05, 4.69) is 6.92 Å². The Hall–Kier alpha value is -3.80. The Labute approximate surface area is 193 Å². The molecule has 1 aromatic heterocycles. The molecule has 1 fully saturated rings. The number of Topliss-reactive ketones (excluding diaryl/α,β-unsaturated/α-hetero) is 1. The van der Waals surface area contributed by atoms with Gasteiger partial charge in [-0.2, -0.15) is 0 Å². The molecule has 6 nitrogen and oxygen atoms in total. The van der Waals surface area contributed by atoms with E-state index in [1.54, 1.807) is 36.4 Å². The molecule has 1 amide bonds. The predicted molar refractivity (Wildman–Crippen MR) is 124 cm³/mol. The highest BCUT2D eigenvalue weighted by Crippen LogP contribution is 2.41. The minimum atomic E-state index is -0.769. The van der Waals surface area contributed by atoms with Crippen molar-refractivity contribution in [2.24, 2.45) is 0 Å². The Morgan fingerprint density at radius 3 is 2.58 bits per heavy atom. The largest absolute Gasteiger partial charge is 0.507 e. The van der Waals surface area contributed by atoms with Crippen LogP contribution in [0.3, 0.4) is 0 Å². The first-order chi connectivity index (χ1) is 16.1. The van der Waals surface area contributed by atoms with Crippen molar-refractivity contribution in [3.63, 3.8) is 0 Å². The molecule has 1 unspecified atom stereocenters. The van der Waals surface area contributed by atoms with E-state index in [0.717, 1.165) is 19.3 Å². The first-order valence-electron chi connectivity index (χ1n) is 11.2. The summed E-state index contributed by atoms with van der Waals surface area (Å²) in [6.45, 7) is 2.83. The van der Waals surface area contributed by atoms with Crippen molar-refractivity contribution in [1.29, 1.82) is 0 Å². The summed E-state index contributed by atoms with van der Waals surface area (Å²) in [5.41, 5.74) is 1.22. The van der Waals surface area contributed by atoms with Crippen molar-refractivity contribution >= 4 is 17.4 Å². The van der Waals surface area contributed by atoms with Gasteiger partial charge < -0.3 is 19.2 Å². The Morgan fingerprint density at radius 1 is 1.03 bits per heavy atom. The number of ketones is 1. The molecule has 0 spiro atoms. The van der Waals surface area contributed by atoms with Gasteiger partial charge in [0.15, 0.2) is 0 Å². The lowest BCUT2D eigenvalue weighted by molar-refractivity contribution is -0.140. The van der Waals surface area contributed by atoms with Gasteiger partial charge in [0.25, 0.3) is 11.7 Å². The molecule has 4 rings (SSSR count). The molecule has 170 valence electrons. The van der Waals surface area contributed by atoms with E-state index in [9.17, 15) is 14.7 Å². The SMILES string of the molecule is CCCCCOc1cccc(C2C(=C(O)c3ccccc3)C(=O)C(=O)N2Cc2ccco2)c1. The minimum Gasteiger partial charge on any atom is -0.507 e. The Kier molecular flexibility index (Phi) is 6.93. The maximum absolute atomic E-state index is 13.1. The van der Waals surface area contributed by atoms with Gasteiger partial charge in [0, 0.05) is 5.56 Å². The van der Waals surface area contributed by atoms with Crippen molar-refractivity contribution in [2.45, 2.75) is 38.8 Å². The van der Waals surface area contributed by atoms with E-state index < -0.39 is 17.7 Å². The van der Waals surface area contributed by atoms with Crippen LogP contribution in [-0.4, -0.2) is 28.3 Å². The Morgan fingerprint density at radius 2 is 1.85 bits per heavy atom. The fourth-order valence-electron chi connectivity index (χ4n) is 4.03. The highest BCUT2D eigenvalue weighted by Gasteiger charge is 2.46. The molecule has 0 bridgehead atoms. The zero-order chi connectivity index (χ0) is 23.2. The van der Waals surface area contributed by atoms with E-state index in [4.69, 9.17) is 9.15 Å². The van der Waals surface area contributed by atoms with Gasteiger partial charge >= 0.3 is 0 Å². The number of rotatable bonds is 9. The standard InChI is InChI=1S/C27H27NO5/c1-2-3-7-15-32-21-13-8-12-20(17-21)24-23(25(29)19-10-5-4-6-11-19)26(30)27(31)28(24)18-22-14-9-16-33-22/h4-6,8-14,16-17,24,29H,2-3,7,15,18H2,1H3. The second-order valence-corrected chi connectivity index (χ2v) is 8.00. The lowest BCUT2D eigenvalue weighted by Crippen LogP contribution is -2.29. The highest BCUT2D eigenvalue weighted by atomic mass is 16.5. The third-order valence-electron chi connectivity index (χ3n) is 5.68. The van der Waals surface area contributed by atoms with Crippen LogP contribution >= 0.6 is 0 Å². The molecule has 0 saturated carbocycles. The number of ether oxygens (including phenoxy) is 1. The second-order valence-electron chi connectivity index (χ2n) is 8.00. The molecule has 33 heavy (non-hydrogen) atoms. The highest BCUT2D eigenvalue weighted by molar-refractivity contribution is 6.46. The van der Waals surface area contributed by atoms with Gasteiger partial charge in [-0.3, -0.25) is 9.59 Å². The molecule has 2 aromatic carbocycles. The van der Waals surface area contributed by atoms with Crippen LogP contribution in [0.4, 0.5) is 0 Å². The number of carbonyl (C=O) groups excluding carboxylic acids is 2. The number of amides is 1. The number of carbonyl (C=O) groups is 2. The number of nitrogens with zero attached hydrogens (tertiary/aromatic N) is 1. The van der Waals surface area contributed by atoms with E-state index in [-0.39, 0.29) is 17.9 Å². The lowest BCUT2D eigenvalue weighted by atomic mass is 9.95. The Bertz CT molecular complexity index is 1130. The third kappa shape index (κ3) is 4.85. The lowest BCUT2D eigenvalue weighted by Gasteiger charge is -2.25. The molecule has 1 aliphatic rings. The van der Waals surface area contributed by atoms with Crippen LogP contribution in [0.25, 0.3) is 5.76 Å². The summed E-state index contributed by atoms with van der Waals surface area (Å²) in [5, 5.41) is 11.1. The zero-order valence-corrected chi connectivity index (χ0v) is 18.6. The molecular formula is C27H27NO5. The van der Waals surface area contributed by atoms with Crippen LogP contribution in [-0.2, 0) is 16.1 Å². The molecule has 0 radical (unpaired) electrons. The van der Waals surface area contributed by atoms with Crippen molar-refractivity contribution in [2.75, 3.05) is 6.61 Å². The maximum atomic E-state index is 13.1. The van der Waals surface area contributed by atoms with E-state index in [1.807, 2.05) is 30.3 Å². The first kappa shape index (κ1) is 22.4. The molecule has 0 aliphatic carbocycles. The van der Waals surface area contributed by atoms with Crippen molar-refractivity contribution in [3.05, 3.63) is 95.5 Å². The van der Waals surface area contributed by atoms with Gasteiger partial charge in [-0.05, 0) is 36.2 Å². The van der Waals surface area contributed by atoms with Crippen LogP contribution in [0.1, 0.15) is 49.1 Å². The summed E-state index contributed by atoms with van der Waals surface area (Å²) in [5.74, 6) is -0.388. The fraction of sp³-hybridized carbons (Fsp3) is 0.259. The number of hydrogen-bond acceptors (Lipinski definition) is 5. The van der Waals surface area contributed by atoms with Crippen molar-refractivity contribution in [3.8, 4) is 5.75 Å². The van der Waals surface area contributed by atoms with Crippen LogP contribution in [0.5, 0.6) is 5.75 Å². The van der Waals surface area contributed by atoms with Gasteiger partial charge in [0.2, 0.25) is 0 Å². The van der Waals surface area contributed by atoms with E-state index >= 15 is 0 Å². The van der Waals surface area contributed by atoms with Gasteiger partial charge in [0.1, 0.15) is 17.3 Å². The summed E-state index contributed by atoms with van der Waals surface area (Å²) in [7, 11) is 0. The third-order valence-corrected chi connectivity index (χ3v) is 5.68. The smallest absolute Gasteiger partial charge is 0.296 e. The molecule has 1 aliphatic heterocycles. The number of unbranched alkanes of at least 4 members (excludes halogenated alkanes) is 2. The van der Waals surface area contributed by atoms with Crippen molar-refractivity contribution in [1.82, 2.24) is 4.90 Å². The number of furan rings is 1. The van der Waals surface area contributed by atoms with Crippen molar-refractivity contribution < 1.29 is 23.8 Å². The summed E-state index contributed by atoms with van der Waals surface area (Å²) in [6.07, 6.45) is 4.66. The number of benzene rings is 2. The average molecular weight is 446 g/mol. The maximum Gasteiger partial charge on any atom is 0.296 e. The number of likely N-dealkylation sites (tertiary alicyclic amines) is 1. The van der Waals surface area contributed by atoms with Gasteiger partial charge in [0.05, 0.1) is 31.0 Å². The average Bonchev–Trinajstić information content (AvgIpc) is 3.44. The number of hydrogen-bond donors (Lipinski definition) is 1. The summed E-state index contributed by atoms with van der Waals surface area (Å²) in [6, 6.07) is 18.8. The van der Waals surface area contributed by atoms with E-state index in [0.29, 0.717) is 29.2 Å². The quantitative estimate of drug-likeness (QED) is 0.204. The zero-order valence-electron chi connectivity index (χ0n) is 18.6. The summed E-state index contributed by atoms with van der Waals surface area (Å²) < 4.78 is 11.3. The van der Waals surface area contributed by atoms with Gasteiger partial charge in [-0.15, -0.1) is 0 Å². The summed E-state index contributed by atoms with van der Waals surface area (Å²) in [4.78, 5) is 27.6. The van der Waals surface area contributed by atoms with Gasteiger partial charge in [-0.25, -0.2) is 0 Å². The van der Waals surface area contributed by atoms with Gasteiger partial charge in [-0.1, -0.05) is 62.2 Å². The predicted octanol–water partition coefficient (Wildman–Crippen LogP) is 5.47. The molecule has 6 heteroatoms. The van der Waals surface area contributed by atoms with Crippen LogP contribution in [0.15, 0.2) is 83.0 Å². The van der Waals surface area contributed by atoms with E-state index in [1.165, 1.54) is 11.2 Å². The number of aliphatic hydroxyl groups excluding tert-OH is 1. The Balaban J connectivity index is 1.75. The molecule has 3 aromatic rings. The molecular weight excluding hydrogens is 418 g/mol. The minimum absolute atomic E-state index is 0.0564. The van der Waals surface area contributed by atoms with Crippen LogP contribution < -0.4 is 4.74 Å². The van der Waals surface area contributed by atoms with Crippen LogP contribution in [0.2, 0.25) is 0 Å². The van der Waals surface area contributed by atoms with Crippen LogP contribution in [0, 0.1) is 0 Å². The monoisotopic (exact) mass is 445 g/mol. The second kappa shape index (κ2) is 10.2. The summed E-state index contributed by atoms with van der Waals surface area (Å²) >= 11 is 0. The molecule has 2 heterocycles. The molecule has 1 N–H and O–H groups in total. The fourth-order valence-corrected chi connectivity index (χ4v) is 4.03. The first-order valence-corrected chi connectivity index (χ1v) is 11.2.